The predicted octanol–water partition coefficient (Wildman–Crippen LogP) is 16.5. The van der Waals surface area contributed by atoms with E-state index in [0.717, 1.165) is 28.4 Å². The van der Waals surface area contributed by atoms with Crippen LogP contribution < -0.4 is 9.80 Å². The summed E-state index contributed by atoms with van der Waals surface area (Å²) in [5.41, 5.74) is 16.7. The second-order valence-corrected chi connectivity index (χ2v) is 17.4. The average Bonchev–Trinajstić information content (AvgIpc) is 3.97. The van der Waals surface area contributed by atoms with Gasteiger partial charge in [0.25, 0.3) is 0 Å². The first-order chi connectivity index (χ1) is 30.8. The highest BCUT2D eigenvalue weighted by Gasteiger charge is 2.52. The van der Waals surface area contributed by atoms with Crippen molar-refractivity contribution in [2.45, 2.75) is 5.41 Å². The minimum absolute atomic E-state index is 0.546. The normalized spacial score (nSPS) is 14.5. The van der Waals surface area contributed by atoms with Crippen molar-refractivity contribution in [2.24, 2.45) is 0 Å². The topological polar surface area (TPSA) is 6.48 Å². The van der Waals surface area contributed by atoms with Crippen molar-refractivity contribution in [2.75, 3.05) is 9.80 Å². The second-order valence-electron chi connectivity index (χ2n) is 16.4. The van der Waals surface area contributed by atoms with Crippen molar-refractivity contribution in [1.29, 1.82) is 0 Å². The van der Waals surface area contributed by atoms with Crippen LogP contribution in [0.2, 0.25) is 0 Å². The van der Waals surface area contributed by atoms with E-state index in [2.05, 4.69) is 240 Å². The lowest BCUT2D eigenvalue weighted by atomic mass is 9.70. The molecular formula is C59H38N2S. The molecular weight excluding hydrogens is 769 g/mol. The van der Waals surface area contributed by atoms with Gasteiger partial charge in [-0.3, -0.25) is 0 Å². The summed E-state index contributed by atoms with van der Waals surface area (Å²) >= 11 is 1.86. The number of anilines is 6. The van der Waals surface area contributed by atoms with Gasteiger partial charge in [0.1, 0.15) is 0 Å². The molecule has 0 saturated heterocycles. The zero-order valence-electron chi connectivity index (χ0n) is 33.7. The van der Waals surface area contributed by atoms with Gasteiger partial charge >= 0.3 is 0 Å². The van der Waals surface area contributed by atoms with E-state index < -0.39 is 5.41 Å². The molecule has 2 aliphatic carbocycles. The molecule has 0 bridgehead atoms. The van der Waals surface area contributed by atoms with Crippen LogP contribution in [0.5, 0.6) is 0 Å². The average molecular weight is 807 g/mol. The van der Waals surface area contributed by atoms with Gasteiger partial charge in [-0.2, -0.15) is 0 Å². The zero-order chi connectivity index (χ0) is 40.8. The van der Waals surface area contributed by atoms with E-state index in [9.17, 15) is 0 Å². The Morgan fingerprint density at radius 1 is 0.306 bits per heavy atom. The number of fused-ring (bicyclic) bond motifs is 15. The monoisotopic (exact) mass is 806 g/mol. The number of hydrogen-bond donors (Lipinski definition) is 0. The summed E-state index contributed by atoms with van der Waals surface area (Å²) in [7, 11) is 0. The van der Waals surface area contributed by atoms with Gasteiger partial charge in [0.15, 0.2) is 0 Å². The van der Waals surface area contributed by atoms with Crippen molar-refractivity contribution in [1.82, 2.24) is 0 Å². The Labute approximate surface area is 364 Å². The number of nitrogens with zero attached hydrogens (tertiary/aromatic N) is 2. The Morgan fingerprint density at radius 3 is 1.52 bits per heavy atom. The van der Waals surface area contributed by atoms with Crippen LogP contribution in [-0.4, -0.2) is 0 Å². The number of rotatable bonds is 6. The molecule has 1 spiro atoms. The van der Waals surface area contributed by atoms with E-state index in [1.165, 1.54) is 81.1 Å². The fourth-order valence-corrected chi connectivity index (χ4v) is 11.9. The molecule has 3 heteroatoms. The van der Waals surface area contributed by atoms with Gasteiger partial charge in [0.2, 0.25) is 0 Å². The van der Waals surface area contributed by atoms with Crippen LogP contribution >= 0.6 is 11.3 Å². The Hall–Kier alpha value is -7.72. The van der Waals surface area contributed by atoms with Crippen molar-refractivity contribution in [3.05, 3.63) is 253 Å². The highest BCUT2D eigenvalue weighted by molar-refractivity contribution is 7.26. The van der Waals surface area contributed by atoms with E-state index in [4.69, 9.17) is 0 Å². The molecule has 11 aromatic rings. The molecule has 13 rings (SSSR count). The van der Waals surface area contributed by atoms with E-state index in [1.807, 2.05) is 11.3 Å². The van der Waals surface area contributed by atoms with Crippen LogP contribution in [0.3, 0.4) is 0 Å². The second kappa shape index (κ2) is 13.7. The van der Waals surface area contributed by atoms with Gasteiger partial charge in [-0.05, 0) is 123 Å². The van der Waals surface area contributed by atoms with Crippen LogP contribution in [0.15, 0.2) is 231 Å². The smallest absolute Gasteiger partial charge is 0.0726 e. The molecule has 2 aliphatic rings. The summed E-state index contributed by atoms with van der Waals surface area (Å²) in [5, 5.41) is 5.06. The maximum atomic E-state index is 2.52. The maximum Gasteiger partial charge on any atom is 0.0726 e. The van der Waals surface area contributed by atoms with Gasteiger partial charge in [-0.1, -0.05) is 158 Å². The van der Waals surface area contributed by atoms with Gasteiger partial charge in [-0.15, -0.1) is 11.3 Å². The minimum Gasteiger partial charge on any atom is -0.310 e. The van der Waals surface area contributed by atoms with Gasteiger partial charge < -0.3 is 9.80 Å². The first-order valence-corrected chi connectivity index (χ1v) is 22.2. The first-order valence-electron chi connectivity index (χ1n) is 21.4. The third kappa shape index (κ3) is 4.91. The fraction of sp³-hybridized carbons (Fsp3) is 0.0169. The van der Waals surface area contributed by atoms with Crippen molar-refractivity contribution < 1.29 is 0 Å². The molecule has 0 radical (unpaired) electrons. The summed E-state index contributed by atoms with van der Waals surface area (Å²) < 4.78 is 2.59. The van der Waals surface area contributed by atoms with E-state index in [0.29, 0.717) is 0 Å². The Morgan fingerprint density at radius 2 is 0.823 bits per heavy atom. The van der Waals surface area contributed by atoms with E-state index in [-0.39, 0.29) is 0 Å². The number of thiophene rings is 1. The van der Waals surface area contributed by atoms with Crippen LogP contribution in [-0.2, 0) is 5.41 Å². The van der Waals surface area contributed by atoms with Crippen LogP contribution in [0, 0.1) is 0 Å². The SMILES string of the molecule is c1ccc(N(c2ccccc2)c2cc3c(c4ccccc24)-c2ccccc2C32c3ccccc3-c3cc(N(c4ccccc4)c4cccc5sc6ccccc6c45)ccc32)cc1. The third-order valence-electron chi connectivity index (χ3n) is 13.2. The number of hydrogen-bond acceptors (Lipinski definition) is 3. The number of benzene rings is 10. The molecule has 0 aliphatic heterocycles. The van der Waals surface area contributed by atoms with Gasteiger partial charge in [0.05, 0.1) is 16.8 Å². The standard InChI is InChI=1S/C59H38N2S/c1-4-19-39(20-5-1)60(40-21-6-2-7-22-40)54-38-52-57(45-27-11-10-26-44(45)54)46-28-13-16-31-50(46)59(52)49-30-15-12-25-43(49)48-37-42(35-36-51(48)59)61(41-23-8-3-9-24-41)53-32-18-34-56-58(53)47-29-14-17-33-55(47)62-56/h1-38H. The molecule has 0 amide bonds. The van der Waals surface area contributed by atoms with Crippen molar-refractivity contribution in [3.63, 3.8) is 0 Å². The summed E-state index contributed by atoms with van der Waals surface area (Å²) in [4.78, 5) is 4.91. The fourth-order valence-electron chi connectivity index (χ4n) is 10.8. The minimum atomic E-state index is -0.546. The van der Waals surface area contributed by atoms with Gasteiger partial charge in [0, 0.05) is 48.3 Å². The summed E-state index contributed by atoms with van der Waals surface area (Å²) in [6.07, 6.45) is 0. The van der Waals surface area contributed by atoms with E-state index >= 15 is 0 Å². The van der Waals surface area contributed by atoms with Crippen LogP contribution in [0.1, 0.15) is 22.3 Å². The van der Waals surface area contributed by atoms with Gasteiger partial charge in [-0.25, -0.2) is 0 Å². The first kappa shape index (κ1) is 35.1. The molecule has 1 unspecified atom stereocenters. The lowest BCUT2D eigenvalue weighted by Gasteiger charge is -2.33. The maximum absolute atomic E-state index is 2.52. The van der Waals surface area contributed by atoms with Crippen LogP contribution in [0.4, 0.5) is 34.1 Å². The summed E-state index contributed by atoms with van der Waals surface area (Å²) in [5.74, 6) is 0. The summed E-state index contributed by atoms with van der Waals surface area (Å²) in [6, 6.07) is 85.2. The van der Waals surface area contributed by atoms with Crippen molar-refractivity contribution >= 4 is 76.4 Å². The number of para-hydroxylation sites is 3. The van der Waals surface area contributed by atoms with Crippen LogP contribution in [0.25, 0.3) is 53.2 Å². The molecule has 290 valence electrons. The molecule has 1 atom stereocenters. The molecule has 0 saturated carbocycles. The molecule has 10 aromatic carbocycles. The largest absolute Gasteiger partial charge is 0.310 e. The van der Waals surface area contributed by atoms with E-state index in [1.54, 1.807) is 0 Å². The molecule has 0 fully saturated rings. The third-order valence-corrected chi connectivity index (χ3v) is 14.4. The molecule has 1 heterocycles. The predicted molar refractivity (Wildman–Crippen MR) is 263 cm³/mol. The quantitative estimate of drug-likeness (QED) is 0.165. The molecule has 0 N–H and O–H groups in total. The highest BCUT2D eigenvalue weighted by atomic mass is 32.1. The molecule has 2 nitrogen and oxygen atoms in total. The zero-order valence-corrected chi connectivity index (χ0v) is 34.6. The Bertz CT molecular complexity index is 3500. The van der Waals surface area contributed by atoms with Crippen molar-refractivity contribution in [3.8, 4) is 22.3 Å². The summed E-state index contributed by atoms with van der Waals surface area (Å²) in [6.45, 7) is 0. The Balaban J connectivity index is 1.10. The lowest BCUT2D eigenvalue weighted by molar-refractivity contribution is 0.794. The Kier molecular flexibility index (Phi) is 7.72. The molecule has 62 heavy (non-hydrogen) atoms. The molecule has 1 aromatic heterocycles. The highest BCUT2D eigenvalue weighted by Crippen LogP contribution is 2.65. The lowest BCUT2D eigenvalue weighted by Crippen LogP contribution is -2.26.